The van der Waals surface area contributed by atoms with Gasteiger partial charge >= 0.3 is 0 Å². The van der Waals surface area contributed by atoms with Crippen LogP contribution >= 0.6 is 11.3 Å². The van der Waals surface area contributed by atoms with Crippen LogP contribution in [0.3, 0.4) is 0 Å². The molecule has 146 valence electrons. The van der Waals surface area contributed by atoms with Gasteiger partial charge in [0.05, 0.1) is 16.4 Å². The highest BCUT2D eigenvalue weighted by Crippen LogP contribution is 2.33. The van der Waals surface area contributed by atoms with Crippen LogP contribution in [0.2, 0.25) is 0 Å². The topological polar surface area (TPSA) is 76.1 Å². The van der Waals surface area contributed by atoms with Gasteiger partial charge in [-0.1, -0.05) is 25.7 Å². The molecule has 1 saturated carbocycles. The number of rotatable bonds is 5. The van der Waals surface area contributed by atoms with Crippen LogP contribution in [0.4, 0.5) is 5.82 Å². The van der Waals surface area contributed by atoms with E-state index in [1.54, 1.807) is 6.33 Å². The summed E-state index contributed by atoms with van der Waals surface area (Å²) in [4.78, 5) is 23.4. The van der Waals surface area contributed by atoms with E-state index < -0.39 is 0 Å². The van der Waals surface area contributed by atoms with Crippen molar-refractivity contribution in [3.63, 3.8) is 0 Å². The molecule has 0 radical (unpaired) electrons. The summed E-state index contributed by atoms with van der Waals surface area (Å²) < 4.78 is 5.69. The van der Waals surface area contributed by atoms with Gasteiger partial charge in [0.1, 0.15) is 17.0 Å². The molecule has 2 aromatic rings. The maximum absolute atomic E-state index is 12.9. The third-order valence-corrected chi connectivity index (χ3v) is 6.84. The summed E-state index contributed by atoms with van der Waals surface area (Å²) in [7, 11) is 0. The lowest BCUT2D eigenvalue weighted by Crippen LogP contribution is -2.34. The molecule has 1 aliphatic heterocycles. The number of carbonyl (C=O) groups is 1. The number of fused-ring (bicyclic) bond motifs is 1. The summed E-state index contributed by atoms with van der Waals surface area (Å²) in [5, 5.41) is 7.63. The Morgan fingerprint density at radius 2 is 2.00 bits per heavy atom. The summed E-state index contributed by atoms with van der Waals surface area (Å²) in [5.41, 5.74) is 0.969. The van der Waals surface area contributed by atoms with E-state index in [1.807, 2.05) is 6.92 Å². The molecule has 27 heavy (non-hydrogen) atoms. The average molecular weight is 389 g/mol. The van der Waals surface area contributed by atoms with Crippen LogP contribution < -0.4 is 10.6 Å². The first kappa shape index (κ1) is 18.6. The summed E-state index contributed by atoms with van der Waals surface area (Å²) in [6.07, 6.45) is 11.2. The fourth-order valence-electron chi connectivity index (χ4n) is 4.11. The van der Waals surface area contributed by atoms with Gasteiger partial charge in [-0.15, -0.1) is 11.3 Å². The third kappa shape index (κ3) is 4.24. The number of nitrogens with one attached hydrogen (secondary N) is 2. The third-order valence-electron chi connectivity index (χ3n) is 5.64. The Labute approximate surface area is 164 Å². The van der Waals surface area contributed by atoms with E-state index in [-0.39, 0.29) is 12.0 Å². The van der Waals surface area contributed by atoms with Gasteiger partial charge in [-0.05, 0) is 38.2 Å². The van der Waals surface area contributed by atoms with Crippen molar-refractivity contribution in [3.05, 3.63) is 16.8 Å². The number of aryl methyl sites for hydroxylation is 1. The van der Waals surface area contributed by atoms with Crippen molar-refractivity contribution in [3.8, 4) is 0 Å². The SMILES string of the molecule is Cc1c(C(=O)NC2CCCCCC2)sc2ncnc(NCC3CCCO3)c12. The Balaban J connectivity index is 1.52. The summed E-state index contributed by atoms with van der Waals surface area (Å²) in [6.45, 7) is 3.58. The zero-order chi connectivity index (χ0) is 18.6. The second kappa shape index (κ2) is 8.52. The van der Waals surface area contributed by atoms with Crippen LogP contribution in [0.5, 0.6) is 0 Å². The quantitative estimate of drug-likeness (QED) is 0.756. The highest BCUT2D eigenvalue weighted by atomic mass is 32.1. The van der Waals surface area contributed by atoms with E-state index in [1.165, 1.54) is 37.0 Å². The van der Waals surface area contributed by atoms with Gasteiger partial charge in [0, 0.05) is 19.2 Å². The Kier molecular flexibility index (Phi) is 5.88. The predicted octanol–water partition coefficient (Wildman–Crippen LogP) is 4.04. The monoisotopic (exact) mass is 388 g/mol. The van der Waals surface area contributed by atoms with E-state index >= 15 is 0 Å². The highest BCUT2D eigenvalue weighted by Gasteiger charge is 2.23. The molecular weight excluding hydrogens is 360 g/mol. The molecule has 3 heterocycles. The van der Waals surface area contributed by atoms with Crippen molar-refractivity contribution in [2.75, 3.05) is 18.5 Å². The van der Waals surface area contributed by atoms with Gasteiger partial charge in [-0.25, -0.2) is 9.97 Å². The van der Waals surface area contributed by atoms with Crippen molar-refractivity contribution >= 4 is 33.3 Å². The van der Waals surface area contributed by atoms with Gasteiger partial charge in [0.15, 0.2) is 0 Å². The molecule has 1 aliphatic carbocycles. The normalized spacial score (nSPS) is 21.3. The summed E-state index contributed by atoms with van der Waals surface area (Å²) in [6, 6.07) is 0.299. The van der Waals surface area contributed by atoms with Gasteiger partial charge in [-0.2, -0.15) is 0 Å². The molecule has 0 spiro atoms. The van der Waals surface area contributed by atoms with E-state index in [0.29, 0.717) is 6.04 Å². The summed E-state index contributed by atoms with van der Waals surface area (Å²) >= 11 is 1.46. The average Bonchev–Trinajstić information content (AvgIpc) is 3.23. The molecular formula is C20H28N4O2S. The van der Waals surface area contributed by atoms with Crippen LogP contribution in [0.1, 0.15) is 66.6 Å². The lowest BCUT2D eigenvalue weighted by Gasteiger charge is -2.15. The number of anilines is 1. The van der Waals surface area contributed by atoms with Crippen LogP contribution in [-0.2, 0) is 4.74 Å². The maximum atomic E-state index is 12.9. The van der Waals surface area contributed by atoms with Crippen molar-refractivity contribution in [1.29, 1.82) is 0 Å². The van der Waals surface area contributed by atoms with Gasteiger partial charge < -0.3 is 15.4 Å². The first-order chi connectivity index (χ1) is 13.2. The molecule has 1 amide bonds. The highest BCUT2D eigenvalue weighted by molar-refractivity contribution is 7.20. The largest absolute Gasteiger partial charge is 0.376 e. The smallest absolute Gasteiger partial charge is 0.261 e. The van der Waals surface area contributed by atoms with Gasteiger partial charge in [-0.3, -0.25) is 4.79 Å². The number of amides is 1. The minimum absolute atomic E-state index is 0.0347. The molecule has 2 aromatic heterocycles. The fraction of sp³-hybridized carbons (Fsp3) is 0.650. The minimum atomic E-state index is 0.0347. The number of thiophene rings is 1. The second-order valence-electron chi connectivity index (χ2n) is 7.64. The summed E-state index contributed by atoms with van der Waals surface area (Å²) in [5.74, 6) is 0.838. The fourth-order valence-corrected chi connectivity index (χ4v) is 5.16. The minimum Gasteiger partial charge on any atom is -0.376 e. The number of hydrogen-bond acceptors (Lipinski definition) is 6. The van der Waals surface area contributed by atoms with Crippen LogP contribution in [-0.4, -0.2) is 41.2 Å². The van der Waals surface area contributed by atoms with Crippen LogP contribution in [0, 0.1) is 6.92 Å². The molecule has 2 aliphatic rings. The predicted molar refractivity (Wildman–Crippen MR) is 109 cm³/mol. The molecule has 0 bridgehead atoms. The first-order valence-electron chi connectivity index (χ1n) is 10.1. The first-order valence-corrected chi connectivity index (χ1v) is 10.9. The van der Waals surface area contributed by atoms with Crippen molar-refractivity contribution in [2.45, 2.75) is 70.4 Å². The lowest BCUT2D eigenvalue weighted by molar-refractivity contribution is 0.0937. The molecule has 0 aromatic carbocycles. The van der Waals surface area contributed by atoms with Gasteiger partial charge in [0.25, 0.3) is 5.91 Å². The molecule has 6 nitrogen and oxygen atoms in total. The lowest BCUT2D eigenvalue weighted by atomic mass is 10.1. The maximum Gasteiger partial charge on any atom is 0.261 e. The zero-order valence-corrected chi connectivity index (χ0v) is 16.7. The standard InChI is InChI=1S/C20H28N4O2S/c1-13-16-18(21-11-15-9-6-10-26-15)22-12-23-20(16)27-17(13)19(25)24-14-7-4-2-3-5-8-14/h12,14-15H,2-11H2,1H3,(H,24,25)(H,21,22,23). The van der Waals surface area contributed by atoms with Gasteiger partial charge in [0.2, 0.25) is 0 Å². The van der Waals surface area contributed by atoms with E-state index in [0.717, 1.165) is 65.3 Å². The number of nitrogens with zero attached hydrogens (tertiary/aromatic N) is 2. The molecule has 2 N–H and O–H groups in total. The van der Waals surface area contributed by atoms with E-state index in [4.69, 9.17) is 4.74 Å². The molecule has 1 unspecified atom stereocenters. The zero-order valence-electron chi connectivity index (χ0n) is 15.9. The molecule has 1 atom stereocenters. The van der Waals surface area contributed by atoms with Crippen LogP contribution in [0.25, 0.3) is 10.2 Å². The molecule has 2 fully saturated rings. The van der Waals surface area contributed by atoms with E-state index in [2.05, 4.69) is 20.6 Å². The number of hydrogen-bond donors (Lipinski definition) is 2. The second-order valence-corrected chi connectivity index (χ2v) is 8.64. The molecule has 1 saturated heterocycles. The molecule has 4 rings (SSSR count). The van der Waals surface area contributed by atoms with E-state index in [9.17, 15) is 4.79 Å². The van der Waals surface area contributed by atoms with Crippen LogP contribution in [0.15, 0.2) is 6.33 Å². The van der Waals surface area contributed by atoms with Crippen molar-refractivity contribution in [2.24, 2.45) is 0 Å². The molecule has 7 heteroatoms. The number of ether oxygens (including phenoxy) is 1. The Morgan fingerprint density at radius 3 is 2.74 bits per heavy atom. The number of carbonyl (C=O) groups excluding carboxylic acids is 1. The van der Waals surface area contributed by atoms with Crippen molar-refractivity contribution < 1.29 is 9.53 Å². The Morgan fingerprint density at radius 1 is 1.19 bits per heavy atom. The van der Waals surface area contributed by atoms with Crippen molar-refractivity contribution in [1.82, 2.24) is 15.3 Å². The Hall–Kier alpha value is -1.73. The number of aromatic nitrogens is 2. The Bertz CT molecular complexity index is 793.